The van der Waals surface area contributed by atoms with E-state index >= 15 is 0 Å². The van der Waals surface area contributed by atoms with Crippen molar-refractivity contribution in [3.8, 4) is 11.5 Å². The molecule has 2 aromatic rings. The average molecular weight is 536 g/mol. The third-order valence-electron chi connectivity index (χ3n) is 6.50. The Morgan fingerprint density at radius 2 is 1.95 bits per heavy atom. The summed E-state index contributed by atoms with van der Waals surface area (Å²) in [4.78, 5) is 39.5. The number of hydrogen-bond donors (Lipinski definition) is 2. The van der Waals surface area contributed by atoms with Gasteiger partial charge in [0, 0.05) is 18.3 Å². The summed E-state index contributed by atoms with van der Waals surface area (Å²) in [5.74, 6) is -0.627. The van der Waals surface area contributed by atoms with E-state index in [1.165, 1.54) is 7.11 Å². The van der Waals surface area contributed by atoms with Crippen LogP contribution in [0.2, 0.25) is 0 Å². The number of nitrogens with one attached hydrogen (secondary N) is 2. The maximum absolute atomic E-state index is 13.4. The van der Waals surface area contributed by atoms with Gasteiger partial charge in [-0.1, -0.05) is 6.07 Å². The second-order valence-corrected chi connectivity index (χ2v) is 9.16. The van der Waals surface area contributed by atoms with E-state index in [2.05, 4.69) is 5.32 Å². The Kier molecular flexibility index (Phi) is 8.10. The number of ether oxygens (including phenoxy) is 3. The first kappa shape index (κ1) is 27.2. The van der Waals surface area contributed by atoms with E-state index in [0.717, 1.165) is 0 Å². The zero-order valence-electron chi connectivity index (χ0n) is 20.8. The zero-order chi connectivity index (χ0) is 27.4. The van der Waals surface area contributed by atoms with E-state index in [9.17, 15) is 27.6 Å². The molecule has 3 atom stereocenters. The summed E-state index contributed by atoms with van der Waals surface area (Å²) >= 11 is 0. The van der Waals surface area contributed by atoms with Crippen molar-refractivity contribution in [3.05, 3.63) is 53.6 Å². The van der Waals surface area contributed by atoms with Crippen LogP contribution in [0.1, 0.15) is 40.0 Å². The lowest BCUT2D eigenvalue weighted by molar-refractivity contribution is -0.144. The second-order valence-electron chi connectivity index (χ2n) is 9.16. The lowest BCUT2D eigenvalue weighted by Gasteiger charge is -2.42. The third-order valence-corrected chi connectivity index (χ3v) is 6.50. The fraction of sp³-hybridized carbons (Fsp3) is 0.423. The molecule has 2 heterocycles. The van der Waals surface area contributed by atoms with E-state index in [1.54, 1.807) is 54.4 Å². The first-order valence-electron chi connectivity index (χ1n) is 12.0. The number of methoxy groups -OCH3 is 1. The van der Waals surface area contributed by atoms with Crippen LogP contribution in [-0.4, -0.2) is 74.4 Å². The SMILES string of the molecule is COc1cccc(C(=O)Nc2ccc3c(c2)C(=O)N(C)[C@H]2CC[C@@H](CC(=O)NCC(F)(F)F)O[C@H]2CO3)c1. The number of likely N-dealkylation sites (N-methyl/N-ethyl adjacent to an activating group) is 1. The van der Waals surface area contributed by atoms with E-state index in [0.29, 0.717) is 35.6 Å². The van der Waals surface area contributed by atoms with Crippen LogP contribution in [0.4, 0.5) is 18.9 Å². The number of carbonyl (C=O) groups excluding carboxylic acids is 3. The van der Waals surface area contributed by atoms with Gasteiger partial charge in [-0.2, -0.15) is 13.2 Å². The molecule has 0 aromatic heterocycles. The molecule has 0 bridgehead atoms. The minimum atomic E-state index is -4.49. The van der Waals surface area contributed by atoms with Gasteiger partial charge < -0.3 is 29.7 Å². The molecule has 0 aliphatic carbocycles. The van der Waals surface area contributed by atoms with Crippen molar-refractivity contribution in [2.75, 3.05) is 32.6 Å². The predicted octanol–water partition coefficient (Wildman–Crippen LogP) is 3.40. The van der Waals surface area contributed by atoms with Gasteiger partial charge in [0.1, 0.15) is 30.8 Å². The van der Waals surface area contributed by atoms with Crippen LogP contribution in [0.5, 0.6) is 11.5 Å². The highest BCUT2D eigenvalue weighted by atomic mass is 19.4. The van der Waals surface area contributed by atoms with Crippen LogP contribution in [0.15, 0.2) is 42.5 Å². The number of anilines is 1. The Morgan fingerprint density at radius 1 is 1.16 bits per heavy atom. The minimum absolute atomic E-state index is 0.0749. The molecule has 12 heteroatoms. The lowest BCUT2D eigenvalue weighted by atomic mass is 9.94. The Morgan fingerprint density at radius 3 is 2.68 bits per heavy atom. The van der Waals surface area contributed by atoms with Crippen LogP contribution in [-0.2, 0) is 9.53 Å². The van der Waals surface area contributed by atoms with Gasteiger partial charge in [-0.3, -0.25) is 14.4 Å². The first-order chi connectivity index (χ1) is 18.0. The van der Waals surface area contributed by atoms with Crippen molar-refractivity contribution in [1.29, 1.82) is 0 Å². The summed E-state index contributed by atoms with van der Waals surface area (Å²) in [7, 11) is 3.14. The van der Waals surface area contributed by atoms with Gasteiger partial charge in [-0.15, -0.1) is 0 Å². The van der Waals surface area contributed by atoms with E-state index in [1.807, 2.05) is 5.32 Å². The van der Waals surface area contributed by atoms with Gasteiger partial charge in [-0.25, -0.2) is 0 Å². The summed E-state index contributed by atoms with van der Waals surface area (Å²) in [6.45, 7) is -1.32. The Balaban J connectivity index is 1.43. The van der Waals surface area contributed by atoms with Gasteiger partial charge in [0.05, 0.1) is 31.2 Å². The fourth-order valence-electron chi connectivity index (χ4n) is 4.55. The van der Waals surface area contributed by atoms with Crippen LogP contribution >= 0.6 is 0 Å². The molecule has 1 saturated heterocycles. The summed E-state index contributed by atoms with van der Waals surface area (Å²) < 4.78 is 54.1. The standard InChI is InChI=1S/C26H28F3N3O6/c1-32-20-8-7-18(12-23(33)30-14-26(27,28)29)38-22(20)13-37-21-9-6-16(11-19(21)25(32)35)31-24(34)15-4-3-5-17(10-15)36-2/h3-6,9-11,18,20,22H,7-8,12-14H2,1-2H3,(H,30,33)(H,31,34)/t18-,20-,22-/m0/s1. The van der Waals surface area contributed by atoms with Crippen molar-refractivity contribution in [2.24, 2.45) is 0 Å². The second kappa shape index (κ2) is 11.3. The molecule has 4 rings (SSSR count). The molecular formula is C26H28F3N3O6. The van der Waals surface area contributed by atoms with Gasteiger partial charge in [0.15, 0.2) is 0 Å². The zero-order valence-corrected chi connectivity index (χ0v) is 20.8. The Labute approximate surface area is 217 Å². The van der Waals surface area contributed by atoms with Crippen molar-refractivity contribution in [2.45, 2.75) is 43.7 Å². The maximum atomic E-state index is 13.4. The number of carbonyl (C=O) groups is 3. The fourth-order valence-corrected chi connectivity index (χ4v) is 4.55. The number of nitrogens with zero attached hydrogens (tertiary/aromatic N) is 1. The molecule has 2 aromatic carbocycles. The van der Waals surface area contributed by atoms with Crippen molar-refractivity contribution < 1.29 is 41.8 Å². The minimum Gasteiger partial charge on any atom is -0.497 e. The van der Waals surface area contributed by atoms with Crippen LogP contribution < -0.4 is 20.1 Å². The molecule has 0 saturated carbocycles. The van der Waals surface area contributed by atoms with Gasteiger partial charge >= 0.3 is 6.18 Å². The number of halogens is 3. The quantitative estimate of drug-likeness (QED) is 0.588. The highest BCUT2D eigenvalue weighted by Crippen LogP contribution is 2.32. The van der Waals surface area contributed by atoms with Crippen molar-refractivity contribution in [3.63, 3.8) is 0 Å². The average Bonchev–Trinajstić information content (AvgIpc) is 2.89. The molecule has 2 aliphatic rings. The molecule has 2 N–H and O–H groups in total. The summed E-state index contributed by atoms with van der Waals surface area (Å²) in [6, 6.07) is 11.0. The molecule has 3 amide bonds. The van der Waals surface area contributed by atoms with Gasteiger partial charge in [0.25, 0.3) is 11.8 Å². The smallest absolute Gasteiger partial charge is 0.405 e. The summed E-state index contributed by atoms with van der Waals surface area (Å²) in [5.41, 5.74) is 1.06. The normalized spacial score (nSPS) is 21.2. The number of hydrogen-bond acceptors (Lipinski definition) is 6. The Hall–Kier alpha value is -3.80. The Bertz CT molecular complexity index is 1200. The molecule has 9 nitrogen and oxygen atoms in total. The topological polar surface area (TPSA) is 106 Å². The molecular weight excluding hydrogens is 507 g/mol. The van der Waals surface area contributed by atoms with Crippen molar-refractivity contribution in [1.82, 2.24) is 10.2 Å². The molecule has 0 unspecified atom stereocenters. The third kappa shape index (κ3) is 6.55. The van der Waals surface area contributed by atoms with Crippen LogP contribution in [0.3, 0.4) is 0 Å². The van der Waals surface area contributed by atoms with Crippen LogP contribution in [0, 0.1) is 0 Å². The monoisotopic (exact) mass is 535 g/mol. The predicted molar refractivity (Wildman–Crippen MR) is 130 cm³/mol. The lowest BCUT2D eigenvalue weighted by Crippen LogP contribution is -2.54. The molecule has 2 aliphatic heterocycles. The maximum Gasteiger partial charge on any atom is 0.405 e. The largest absolute Gasteiger partial charge is 0.497 e. The first-order valence-corrected chi connectivity index (χ1v) is 12.0. The van der Waals surface area contributed by atoms with E-state index < -0.39 is 30.8 Å². The highest BCUT2D eigenvalue weighted by Gasteiger charge is 2.39. The molecule has 0 spiro atoms. The van der Waals surface area contributed by atoms with Crippen LogP contribution in [0.25, 0.3) is 0 Å². The number of rotatable bonds is 6. The number of fused-ring (bicyclic) bond motifs is 2. The molecule has 1 fully saturated rings. The molecule has 38 heavy (non-hydrogen) atoms. The highest BCUT2D eigenvalue weighted by molar-refractivity contribution is 6.05. The molecule has 0 radical (unpaired) electrons. The van der Waals surface area contributed by atoms with Gasteiger partial charge in [0.2, 0.25) is 5.91 Å². The number of amides is 3. The van der Waals surface area contributed by atoms with E-state index in [-0.39, 0.29) is 36.4 Å². The van der Waals surface area contributed by atoms with E-state index in [4.69, 9.17) is 14.2 Å². The van der Waals surface area contributed by atoms with Crippen molar-refractivity contribution >= 4 is 23.4 Å². The van der Waals surface area contributed by atoms with Gasteiger partial charge in [-0.05, 0) is 49.2 Å². The number of alkyl halides is 3. The molecule has 204 valence electrons. The number of benzene rings is 2. The summed E-state index contributed by atoms with van der Waals surface area (Å²) in [5, 5.41) is 4.63. The summed E-state index contributed by atoms with van der Waals surface area (Å²) in [6.07, 6.45) is -5.00.